The molecule has 0 saturated heterocycles. The summed E-state index contributed by atoms with van der Waals surface area (Å²) in [5, 5.41) is 0.362. The van der Waals surface area contributed by atoms with Crippen molar-refractivity contribution in [2.24, 2.45) is 11.5 Å². The Kier molecular flexibility index (Phi) is 6.04. The minimum atomic E-state index is -0.418. The largest absolute Gasteiger partial charge is 0.330 e. The van der Waals surface area contributed by atoms with Gasteiger partial charge in [0.05, 0.1) is 0 Å². The number of nitrogens with two attached hydrogens (primary N) is 2. The molecule has 0 radical (unpaired) electrons. The second-order valence-electron chi connectivity index (χ2n) is 2.82. The molecule has 0 bridgehead atoms. The van der Waals surface area contributed by atoms with Gasteiger partial charge in [0.15, 0.2) is 0 Å². The van der Waals surface area contributed by atoms with Crippen molar-refractivity contribution >= 4 is 24.0 Å². The molecule has 80 valence electrons. The van der Waals surface area contributed by atoms with Crippen LogP contribution in [0.15, 0.2) is 18.2 Å². The molecular weight excluding hydrogens is 226 g/mol. The SMILES string of the molecule is Cl.NCC[C@@H](N)c1c(F)cccc1Cl. The molecule has 0 unspecified atom stereocenters. The van der Waals surface area contributed by atoms with Crippen LogP contribution in [0.5, 0.6) is 0 Å². The molecular formula is C9H13Cl2FN2. The summed E-state index contributed by atoms with van der Waals surface area (Å²) in [5.41, 5.74) is 11.4. The van der Waals surface area contributed by atoms with E-state index in [9.17, 15) is 4.39 Å². The number of hydrogen-bond donors (Lipinski definition) is 2. The van der Waals surface area contributed by atoms with Gasteiger partial charge in [-0.15, -0.1) is 12.4 Å². The van der Waals surface area contributed by atoms with Crippen molar-refractivity contribution in [2.75, 3.05) is 6.54 Å². The Labute approximate surface area is 93.8 Å². The van der Waals surface area contributed by atoms with Crippen LogP contribution < -0.4 is 11.5 Å². The zero-order valence-corrected chi connectivity index (χ0v) is 9.11. The molecule has 4 N–H and O–H groups in total. The summed E-state index contributed by atoms with van der Waals surface area (Å²) >= 11 is 5.80. The monoisotopic (exact) mass is 238 g/mol. The molecule has 0 amide bonds. The van der Waals surface area contributed by atoms with Crippen molar-refractivity contribution in [1.82, 2.24) is 0 Å². The van der Waals surface area contributed by atoms with Crippen LogP contribution >= 0.6 is 24.0 Å². The molecule has 1 atom stereocenters. The van der Waals surface area contributed by atoms with Gasteiger partial charge in [-0.1, -0.05) is 17.7 Å². The first-order chi connectivity index (χ1) is 6.16. The zero-order chi connectivity index (χ0) is 9.84. The number of benzene rings is 1. The summed E-state index contributed by atoms with van der Waals surface area (Å²) in [7, 11) is 0. The van der Waals surface area contributed by atoms with Crippen LogP contribution in [0.1, 0.15) is 18.0 Å². The Balaban J connectivity index is 0.00000169. The van der Waals surface area contributed by atoms with Crippen LogP contribution in [-0.4, -0.2) is 6.54 Å². The van der Waals surface area contributed by atoms with Crippen LogP contribution in [-0.2, 0) is 0 Å². The fourth-order valence-corrected chi connectivity index (χ4v) is 1.49. The summed E-state index contributed by atoms with van der Waals surface area (Å²) in [5.74, 6) is -0.367. The van der Waals surface area contributed by atoms with Crippen LogP contribution in [0.25, 0.3) is 0 Å². The Bertz CT molecular complexity index is 274. The Hall–Kier alpha value is -0.350. The second kappa shape index (κ2) is 6.19. The molecule has 0 aliphatic rings. The first kappa shape index (κ1) is 13.7. The van der Waals surface area contributed by atoms with Gasteiger partial charge in [0, 0.05) is 16.6 Å². The molecule has 0 aromatic heterocycles. The maximum absolute atomic E-state index is 13.2. The zero-order valence-electron chi connectivity index (χ0n) is 7.54. The van der Waals surface area contributed by atoms with Gasteiger partial charge >= 0.3 is 0 Å². The smallest absolute Gasteiger partial charge is 0.129 e. The van der Waals surface area contributed by atoms with E-state index in [1.165, 1.54) is 6.07 Å². The fraction of sp³-hybridized carbons (Fsp3) is 0.333. The lowest BCUT2D eigenvalue weighted by molar-refractivity contribution is 0.567. The topological polar surface area (TPSA) is 52.0 Å². The van der Waals surface area contributed by atoms with Gasteiger partial charge in [-0.05, 0) is 25.1 Å². The summed E-state index contributed by atoms with van der Waals surface area (Å²) in [6.07, 6.45) is 0.528. The van der Waals surface area contributed by atoms with Crippen LogP contribution in [0.2, 0.25) is 5.02 Å². The van der Waals surface area contributed by atoms with Gasteiger partial charge in [0.2, 0.25) is 0 Å². The van der Waals surface area contributed by atoms with E-state index in [2.05, 4.69) is 0 Å². The summed E-state index contributed by atoms with van der Waals surface area (Å²) in [6, 6.07) is 4.10. The lowest BCUT2D eigenvalue weighted by Gasteiger charge is -2.12. The molecule has 1 rings (SSSR count). The molecule has 0 fully saturated rings. The van der Waals surface area contributed by atoms with Gasteiger partial charge in [0.1, 0.15) is 5.82 Å². The molecule has 1 aromatic rings. The third kappa shape index (κ3) is 3.10. The van der Waals surface area contributed by atoms with Gasteiger partial charge in [-0.25, -0.2) is 4.39 Å². The highest BCUT2D eigenvalue weighted by atomic mass is 35.5. The lowest BCUT2D eigenvalue weighted by Crippen LogP contribution is -2.17. The van der Waals surface area contributed by atoms with Crippen molar-refractivity contribution in [3.63, 3.8) is 0 Å². The van der Waals surface area contributed by atoms with Crippen LogP contribution in [0.3, 0.4) is 0 Å². The maximum Gasteiger partial charge on any atom is 0.129 e. The number of rotatable bonds is 3. The Morgan fingerprint density at radius 3 is 2.57 bits per heavy atom. The molecule has 5 heteroatoms. The van der Waals surface area contributed by atoms with Crippen molar-refractivity contribution < 1.29 is 4.39 Å². The highest BCUT2D eigenvalue weighted by Gasteiger charge is 2.13. The maximum atomic E-state index is 13.2. The van der Waals surface area contributed by atoms with Crippen molar-refractivity contribution in [2.45, 2.75) is 12.5 Å². The second-order valence-corrected chi connectivity index (χ2v) is 3.23. The van der Waals surface area contributed by atoms with Crippen molar-refractivity contribution in [3.8, 4) is 0 Å². The predicted octanol–water partition coefficient (Wildman–Crippen LogP) is 2.25. The summed E-state index contributed by atoms with van der Waals surface area (Å²) in [4.78, 5) is 0. The molecule has 0 heterocycles. The lowest BCUT2D eigenvalue weighted by atomic mass is 10.0. The molecule has 0 saturated carbocycles. The van der Waals surface area contributed by atoms with E-state index < -0.39 is 6.04 Å². The van der Waals surface area contributed by atoms with Crippen LogP contribution in [0.4, 0.5) is 4.39 Å². The van der Waals surface area contributed by atoms with E-state index in [0.717, 1.165) is 0 Å². The summed E-state index contributed by atoms with van der Waals surface area (Å²) in [6.45, 7) is 0.422. The van der Waals surface area contributed by atoms with E-state index in [1.54, 1.807) is 12.1 Å². The Morgan fingerprint density at radius 2 is 2.07 bits per heavy atom. The molecule has 0 aliphatic carbocycles. The quantitative estimate of drug-likeness (QED) is 0.849. The molecule has 14 heavy (non-hydrogen) atoms. The van der Waals surface area contributed by atoms with Gasteiger partial charge in [-0.3, -0.25) is 0 Å². The van der Waals surface area contributed by atoms with Crippen molar-refractivity contribution in [1.29, 1.82) is 0 Å². The molecule has 0 spiro atoms. The third-order valence-corrected chi connectivity index (χ3v) is 2.18. The molecule has 1 aromatic carbocycles. The van der Waals surface area contributed by atoms with E-state index in [0.29, 0.717) is 23.6 Å². The predicted molar refractivity (Wildman–Crippen MR) is 59.3 cm³/mol. The average Bonchev–Trinajstić information content (AvgIpc) is 2.04. The van der Waals surface area contributed by atoms with Crippen molar-refractivity contribution in [3.05, 3.63) is 34.6 Å². The summed E-state index contributed by atoms with van der Waals surface area (Å²) < 4.78 is 13.2. The Morgan fingerprint density at radius 1 is 1.43 bits per heavy atom. The minimum absolute atomic E-state index is 0. The molecule has 0 aliphatic heterocycles. The first-order valence-electron chi connectivity index (χ1n) is 4.06. The van der Waals surface area contributed by atoms with Gasteiger partial charge < -0.3 is 11.5 Å². The van der Waals surface area contributed by atoms with Gasteiger partial charge in [0.25, 0.3) is 0 Å². The standard InChI is InChI=1S/C9H12ClFN2.ClH/c10-6-2-1-3-7(11)9(6)8(13)4-5-12;/h1-3,8H,4-5,12-13H2;1H/t8-;/m1./s1. The van der Waals surface area contributed by atoms with E-state index in [4.69, 9.17) is 23.1 Å². The highest BCUT2D eigenvalue weighted by Crippen LogP contribution is 2.25. The average molecular weight is 239 g/mol. The fourth-order valence-electron chi connectivity index (χ4n) is 1.19. The van der Waals surface area contributed by atoms with Gasteiger partial charge in [-0.2, -0.15) is 0 Å². The highest BCUT2D eigenvalue weighted by molar-refractivity contribution is 6.31. The normalized spacial score (nSPS) is 12.0. The van der Waals surface area contributed by atoms with Crippen LogP contribution in [0, 0.1) is 5.82 Å². The van der Waals surface area contributed by atoms with E-state index in [1.807, 2.05) is 0 Å². The van der Waals surface area contributed by atoms with E-state index >= 15 is 0 Å². The first-order valence-corrected chi connectivity index (χ1v) is 4.44. The molecule has 2 nitrogen and oxygen atoms in total. The number of hydrogen-bond acceptors (Lipinski definition) is 2. The van der Waals surface area contributed by atoms with E-state index in [-0.39, 0.29) is 18.2 Å². The number of halogens is 3. The third-order valence-electron chi connectivity index (χ3n) is 1.85. The minimum Gasteiger partial charge on any atom is -0.330 e.